The molecule has 2 N–H and O–H groups in total. The van der Waals surface area contributed by atoms with Gasteiger partial charge in [-0.1, -0.05) is 0 Å². The van der Waals surface area contributed by atoms with E-state index >= 15 is 0 Å². The summed E-state index contributed by atoms with van der Waals surface area (Å²) in [6.45, 7) is -0.795. The molecule has 4 nitrogen and oxygen atoms in total. The van der Waals surface area contributed by atoms with E-state index in [-0.39, 0.29) is 0 Å². The van der Waals surface area contributed by atoms with Crippen LogP contribution < -0.4 is 0 Å². The van der Waals surface area contributed by atoms with Crippen LogP contribution in [0.4, 0.5) is 4.39 Å². The van der Waals surface area contributed by atoms with E-state index in [1.165, 1.54) is 0 Å². The van der Waals surface area contributed by atoms with Gasteiger partial charge in [0.15, 0.2) is 0 Å². The zero-order valence-electron chi connectivity index (χ0n) is 5.45. The predicted octanol–water partition coefficient (Wildman–Crippen LogP) is -1.15. The van der Waals surface area contributed by atoms with Gasteiger partial charge in [-0.15, -0.1) is 0 Å². The number of aliphatic hydroxyl groups is 2. The van der Waals surface area contributed by atoms with Gasteiger partial charge in [-0.3, -0.25) is 0 Å². The van der Waals surface area contributed by atoms with Crippen LogP contribution in [0.25, 0.3) is 0 Å². The molecular weight excluding hydrogens is 143 g/mol. The molecule has 60 valence electrons. The van der Waals surface area contributed by atoms with Crippen LogP contribution in [0.15, 0.2) is 0 Å². The van der Waals surface area contributed by atoms with Gasteiger partial charge in [-0.2, -0.15) is 0 Å². The molecule has 0 aromatic rings. The number of hydrogen-bond donors (Lipinski definition) is 2. The fourth-order valence-electron chi connectivity index (χ4n) is 0.362. The van der Waals surface area contributed by atoms with E-state index in [1.54, 1.807) is 0 Å². The summed E-state index contributed by atoms with van der Waals surface area (Å²) >= 11 is 0. The Morgan fingerprint density at radius 2 is 2.30 bits per heavy atom. The lowest BCUT2D eigenvalue weighted by Crippen LogP contribution is -2.33. The van der Waals surface area contributed by atoms with Crippen molar-refractivity contribution >= 4 is 5.97 Å². The third-order valence-corrected chi connectivity index (χ3v) is 0.951. The summed E-state index contributed by atoms with van der Waals surface area (Å²) < 4.78 is 16.3. The van der Waals surface area contributed by atoms with E-state index in [9.17, 15) is 9.18 Å². The van der Waals surface area contributed by atoms with Gasteiger partial charge in [0.1, 0.15) is 6.10 Å². The van der Waals surface area contributed by atoms with Gasteiger partial charge in [0.25, 0.3) is 0 Å². The number of esters is 1. The molecule has 0 heterocycles. The van der Waals surface area contributed by atoms with Crippen LogP contribution in [0.2, 0.25) is 0 Å². The monoisotopic (exact) mass is 152 g/mol. The smallest absolute Gasteiger partial charge is 0.343 e. The van der Waals surface area contributed by atoms with Crippen molar-refractivity contribution in [2.24, 2.45) is 0 Å². The second-order valence-electron chi connectivity index (χ2n) is 1.67. The maximum atomic E-state index is 12.3. The third kappa shape index (κ3) is 2.28. The Balaban J connectivity index is 3.81. The van der Waals surface area contributed by atoms with Gasteiger partial charge >= 0.3 is 5.97 Å². The predicted molar refractivity (Wildman–Crippen MR) is 30.0 cm³/mol. The minimum absolute atomic E-state index is 0.795. The molecule has 0 saturated carbocycles. The van der Waals surface area contributed by atoms with E-state index in [4.69, 9.17) is 10.2 Å². The van der Waals surface area contributed by atoms with Crippen molar-refractivity contribution in [3.8, 4) is 0 Å². The van der Waals surface area contributed by atoms with E-state index in [2.05, 4.69) is 4.74 Å². The second kappa shape index (κ2) is 4.19. The quantitative estimate of drug-likeness (QED) is 0.501. The Kier molecular flexibility index (Phi) is 3.90. The molecule has 0 aliphatic rings. The summed E-state index contributed by atoms with van der Waals surface area (Å²) in [5.74, 6) is -1.18. The number of ether oxygens (including phenoxy) is 1. The van der Waals surface area contributed by atoms with Gasteiger partial charge in [0, 0.05) is 0 Å². The molecule has 0 rings (SSSR count). The zero-order chi connectivity index (χ0) is 8.15. The van der Waals surface area contributed by atoms with Crippen LogP contribution >= 0.6 is 0 Å². The lowest BCUT2D eigenvalue weighted by molar-refractivity contribution is -0.152. The van der Waals surface area contributed by atoms with Crippen molar-refractivity contribution < 1.29 is 24.1 Å². The van der Waals surface area contributed by atoms with E-state index < -0.39 is 24.9 Å². The molecule has 0 spiro atoms. The molecule has 0 unspecified atom stereocenters. The van der Waals surface area contributed by atoms with Crippen LogP contribution in [0.5, 0.6) is 0 Å². The first-order valence-corrected chi connectivity index (χ1v) is 2.64. The zero-order valence-corrected chi connectivity index (χ0v) is 5.45. The Morgan fingerprint density at radius 3 is 2.60 bits per heavy atom. The summed E-state index contributed by atoms with van der Waals surface area (Å²) in [6, 6.07) is 0. The maximum absolute atomic E-state index is 12.3. The minimum atomic E-state index is -2.16. The Morgan fingerprint density at radius 1 is 1.80 bits per heavy atom. The SMILES string of the molecule is COC(=O)[C@@H](F)[C@@H](O)CO. The van der Waals surface area contributed by atoms with Crippen LogP contribution in [0.3, 0.4) is 0 Å². The Labute approximate surface area is 57.2 Å². The van der Waals surface area contributed by atoms with Gasteiger partial charge in [0.05, 0.1) is 13.7 Å². The normalized spacial score (nSPS) is 16.0. The number of carbonyl (C=O) groups excluding carboxylic acids is 1. The molecule has 0 aromatic carbocycles. The first kappa shape index (κ1) is 9.32. The summed E-state index contributed by atoms with van der Waals surface area (Å²) in [5, 5.41) is 16.7. The molecule has 0 aliphatic carbocycles. The lowest BCUT2D eigenvalue weighted by atomic mass is 10.2. The second-order valence-corrected chi connectivity index (χ2v) is 1.67. The van der Waals surface area contributed by atoms with Crippen LogP contribution in [0.1, 0.15) is 0 Å². The number of halogens is 1. The lowest BCUT2D eigenvalue weighted by Gasteiger charge is -2.09. The maximum Gasteiger partial charge on any atom is 0.343 e. The Bertz CT molecular complexity index is 116. The third-order valence-electron chi connectivity index (χ3n) is 0.951. The minimum Gasteiger partial charge on any atom is -0.467 e. The largest absolute Gasteiger partial charge is 0.467 e. The van der Waals surface area contributed by atoms with Crippen LogP contribution in [0, 0.1) is 0 Å². The molecule has 5 heteroatoms. The molecular formula is C5H9FO4. The fourth-order valence-corrected chi connectivity index (χ4v) is 0.362. The molecule has 0 saturated heterocycles. The molecule has 0 amide bonds. The van der Waals surface area contributed by atoms with Gasteiger partial charge < -0.3 is 14.9 Å². The number of carbonyl (C=O) groups is 1. The average molecular weight is 152 g/mol. The van der Waals surface area contributed by atoms with Gasteiger partial charge in [-0.25, -0.2) is 9.18 Å². The number of alkyl halides is 1. The van der Waals surface area contributed by atoms with Crippen molar-refractivity contribution in [3.05, 3.63) is 0 Å². The summed E-state index contributed by atoms with van der Waals surface area (Å²) in [5.41, 5.74) is 0. The Hall–Kier alpha value is -0.680. The highest BCUT2D eigenvalue weighted by atomic mass is 19.1. The van der Waals surface area contributed by atoms with Crippen molar-refractivity contribution in [2.75, 3.05) is 13.7 Å². The van der Waals surface area contributed by atoms with Gasteiger partial charge in [0.2, 0.25) is 6.17 Å². The highest BCUT2D eigenvalue weighted by Gasteiger charge is 2.26. The van der Waals surface area contributed by atoms with Crippen molar-refractivity contribution in [2.45, 2.75) is 12.3 Å². The van der Waals surface area contributed by atoms with Crippen LogP contribution in [-0.2, 0) is 9.53 Å². The molecule has 0 aromatic heterocycles. The summed E-state index contributed by atoms with van der Waals surface area (Å²) in [6.07, 6.45) is -3.84. The first-order chi connectivity index (χ1) is 4.63. The molecule has 0 radical (unpaired) electrons. The summed E-state index contributed by atoms with van der Waals surface area (Å²) in [4.78, 5) is 10.2. The number of rotatable bonds is 3. The number of aliphatic hydroxyl groups excluding tert-OH is 2. The highest BCUT2D eigenvalue weighted by Crippen LogP contribution is 1.99. The van der Waals surface area contributed by atoms with Crippen molar-refractivity contribution in [1.82, 2.24) is 0 Å². The van der Waals surface area contributed by atoms with Crippen LogP contribution in [-0.4, -0.2) is 42.2 Å². The van der Waals surface area contributed by atoms with E-state index in [0.717, 1.165) is 7.11 Å². The van der Waals surface area contributed by atoms with E-state index in [1.807, 2.05) is 0 Å². The molecule has 0 aliphatic heterocycles. The molecule has 2 atom stereocenters. The van der Waals surface area contributed by atoms with Crippen molar-refractivity contribution in [1.29, 1.82) is 0 Å². The fraction of sp³-hybridized carbons (Fsp3) is 0.800. The first-order valence-electron chi connectivity index (χ1n) is 2.64. The van der Waals surface area contributed by atoms with Crippen molar-refractivity contribution in [3.63, 3.8) is 0 Å². The summed E-state index contributed by atoms with van der Waals surface area (Å²) in [7, 11) is 0.999. The molecule has 10 heavy (non-hydrogen) atoms. The number of hydrogen-bond acceptors (Lipinski definition) is 4. The average Bonchev–Trinajstić information content (AvgIpc) is 2.00. The molecule has 0 bridgehead atoms. The van der Waals surface area contributed by atoms with Gasteiger partial charge in [-0.05, 0) is 0 Å². The standard InChI is InChI=1S/C5H9FO4/c1-10-5(9)4(6)3(8)2-7/h3-4,7-8H,2H2,1H3/t3-,4-/m0/s1. The highest BCUT2D eigenvalue weighted by molar-refractivity contribution is 5.75. The van der Waals surface area contributed by atoms with E-state index in [0.29, 0.717) is 0 Å². The molecule has 0 fully saturated rings. The number of methoxy groups -OCH3 is 1. The topological polar surface area (TPSA) is 66.8 Å².